The van der Waals surface area contributed by atoms with E-state index in [1.54, 1.807) is 22.7 Å². The lowest BCUT2D eigenvalue weighted by atomic mass is 10.1. The van der Waals surface area contributed by atoms with Crippen molar-refractivity contribution < 1.29 is 0 Å². The Hall–Kier alpha value is -0.750. The summed E-state index contributed by atoms with van der Waals surface area (Å²) < 4.78 is 0. The van der Waals surface area contributed by atoms with Crippen LogP contribution in [0.2, 0.25) is 0 Å². The van der Waals surface area contributed by atoms with Crippen molar-refractivity contribution in [1.29, 1.82) is 0 Å². The minimum absolute atomic E-state index is 0.289. The van der Waals surface area contributed by atoms with E-state index in [9.17, 15) is 0 Å². The fourth-order valence-electron chi connectivity index (χ4n) is 1.89. The number of thiazole rings is 1. The van der Waals surface area contributed by atoms with Gasteiger partial charge in [-0.2, -0.15) is 0 Å². The lowest BCUT2D eigenvalue weighted by Gasteiger charge is -2.26. The molecule has 0 aliphatic carbocycles. The van der Waals surface area contributed by atoms with Crippen LogP contribution in [0.3, 0.4) is 0 Å². The standard InChI is InChI=1S/C12H17N3S2/c1-9-3-4-17-12(9)11(5-13)15(2)6-10-7-16-8-14-10/h3-4,7-8,11H,5-6,13H2,1-2H3. The number of nitrogens with zero attached hydrogens (tertiary/aromatic N) is 2. The molecule has 0 aliphatic heterocycles. The molecule has 2 N–H and O–H groups in total. The number of hydrogen-bond donors (Lipinski definition) is 1. The summed E-state index contributed by atoms with van der Waals surface area (Å²) in [5.41, 5.74) is 10.2. The van der Waals surface area contributed by atoms with Crippen LogP contribution >= 0.6 is 22.7 Å². The zero-order valence-corrected chi connectivity index (χ0v) is 11.7. The molecular weight excluding hydrogens is 250 g/mol. The van der Waals surface area contributed by atoms with E-state index < -0.39 is 0 Å². The number of nitrogens with two attached hydrogens (primary N) is 1. The molecule has 0 saturated carbocycles. The van der Waals surface area contributed by atoms with E-state index in [4.69, 9.17) is 5.73 Å². The fourth-order valence-corrected chi connectivity index (χ4v) is 3.55. The van der Waals surface area contributed by atoms with Gasteiger partial charge in [-0.15, -0.1) is 22.7 Å². The molecule has 1 unspecified atom stereocenters. The van der Waals surface area contributed by atoms with Gasteiger partial charge in [0, 0.05) is 23.3 Å². The van der Waals surface area contributed by atoms with Gasteiger partial charge < -0.3 is 5.73 Å². The molecule has 3 nitrogen and oxygen atoms in total. The molecule has 0 radical (unpaired) electrons. The number of aryl methyl sites for hydroxylation is 1. The molecule has 0 aliphatic rings. The second-order valence-electron chi connectivity index (χ2n) is 4.11. The zero-order chi connectivity index (χ0) is 12.3. The first kappa shape index (κ1) is 12.7. The average Bonchev–Trinajstić information content (AvgIpc) is 2.92. The summed E-state index contributed by atoms with van der Waals surface area (Å²) >= 11 is 3.42. The molecule has 0 spiro atoms. The van der Waals surface area contributed by atoms with Gasteiger partial charge in [0.05, 0.1) is 17.2 Å². The van der Waals surface area contributed by atoms with Gasteiger partial charge in [-0.25, -0.2) is 4.98 Å². The van der Waals surface area contributed by atoms with Gasteiger partial charge in [-0.3, -0.25) is 4.90 Å². The Morgan fingerprint density at radius 2 is 2.35 bits per heavy atom. The predicted octanol–water partition coefficient (Wildman–Crippen LogP) is 2.64. The molecule has 0 saturated heterocycles. The maximum absolute atomic E-state index is 5.91. The van der Waals surface area contributed by atoms with Crippen LogP contribution in [-0.4, -0.2) is 23.5 Å². The average molecular weight is 267 g/mol. The molecule has 0 aromatic carbocycles. The van der Waals surface area contributed by atoms with Gasteiger partial charge in [-0.1, -0.05) is 0 Å². The van der Waals surface area contributed by atoms with E-state index in [2.05, 4.69) is 40.7 Å². The van der Waals surface area contributed by atoms with Crippen molar-refractivity contribution in [1.82, 2.24) is 9.88 Å². The van der Waals surface area contributed by atoms with Crippen LogP contribution in [0.5, 0.6) is 0 Å². The first-order valence-electron chi connectivity index (χ1n) is 5.53. The quantitative estimate of drug-likeness (QED) is 0.905. The summed E-state index contributed by atoms with van der Waals surface area (Å²) in [4.78, 5) is 7.95. The lowest BCUT2D eigenvalue weighted by Crippen LogP contribution is -2.30. The third-order valence-electron chi connectivity index (χ3n) is 2.85. The molecular formula is C12H17N3S2. The third-order valence-corrected chi connectivity index (χ3v) is 4.61. The summed E-state index contributed by atoms with van der Waals surface area (Å²) in [7, 11) is 2.11. The highest BCUT2D eigenvalue weighted by Crippen LogP contribution is 2.28. The molecule has 2 rings (SSSR count). The molecule has 2 aromatic heterocycles. The summed E-state index contributed by atoms with van der Waals surface area (Å²) in [6.07, 6.45) is 0. The van der Waals surface area contributed by atoms with Crippen molar-refractivity contribution in [2.75, 3.05) is 13.6 Å². The van der Waals surface area contributed by atoms with Gasteiger partial charge >= 0.3 is 0 Å². The van der Waals surface area contributed by atoms with E-state index in [0.717, 1.165) is 12.2 Å². The maximum Gasteiger partial charge on any atom is 0.0795 e. The van der Waals surface area contributed by atoms with E-state index in [1.807, 2.05) is 5.51 Å². The maximum atomic E-state index is 5.91. The van der Waals surface area contributed by atoms with Crippen LogP contribution in [0, 0.1) is 6.92 Å². The number of thiophene rings is 1. The van der Waals surface area contributed by atoms with E-state index in [-0.39, 0.29) is 6.04 Å². The number of rotatable bonds is 5. The topological polar surface area (TPSA) is 42.1 Å². The van der Waals surface area contributed by atoms with Gasteiger partial charge in [0.1, 0.15) is 0 Å². The predicted molar refractivity (Wildman–Crippen MR) is 74.4 cm³/mol. The lowest BCUT2D eigenvalue weighted by molar-refractivity contribution is 0.242. The highest BCUT2D eigenvalue weighted by atomic mass is 32.1. The van der Waals surface area contributed by atoms with Gasteiger partial charge in [-0.05, 0) is 31.0 Å². The van der Waals surface area contributed by atoms with Crippen LogP contribution in [-0.2, 0) is 6.54 Å². The molecule has 5 heteroatoms. The monoisotopic (exact) mass is 267 g/mol. The smallest absolute Gasteiger partial charge is 0.0795 e. The molecule has 2 aromatic rings. The minimum Gasteiger partial charge on any atom is -0.329 e. The second-order valence-corrected chi connectivity index (χ2v) is 5.78. The van der Waals surface area contributed by atoms with E-state index in [1.165, 1.54) is 10.4 Å². The largest absolute Gasteiger partial charge is 0.329 e. The highest BCUT2D eigenvalue weighted by Gasteiger charge is 2.19. The summed E-state index contributed by atoms with van der Waals surface area (Å²) in [5, 5.41) is 4.22. The first-order valence-corrected chi connectivity index (χ1v) is 7.36. The summed E-state index contributed by atoms with van der Waals surface area (Å²) in [6.45, 7) is 3.63. The number of aromatic nitrogens is 1. The molecule has 92 valence electrons. The zero-order valence-electron chi connectivity index (χ0n) is 10.1. The molecule has 0 amide bonds. The van der Waals surface area contributed by atoms with Crippen LogP contribution in [0.4, 0.5) is 0 Å². The molecule has 0 bridgehead atoms. The normalized spacial score (nSPS) is 13.2. The van der Waals surface area contributed by atoms with Crippen molar-refractivity contribution in [3.05, 3.63) is 38.5 Å². The van der Waals surface area contributed by atoms with Crippen LogP contribution < -0.4 is 5.73 Å². The van der Waals surface area contributed by atoms with Gasteiger partial charge in [0.15, 0.2) is 0 Å². The van der Waals surface area contributed by atoms with Crippen molar-refractivity contribution in [2.45, 2.75) is 19.5 Å². The molecule has 0 fully saturated rings. The third kappa shape index (κ3) is 2.93. The Bertz CT molecular complexity index is 450. The van der Waals surface area contributed by atoms with Crippen molar-refractivity contribution in [3.63, 3.8) is 0 Å². The first-order chi connectivity index (χ1) is 8.22. The Labute approximate surface area is 110 Å². The highest BCUT2D eigenvalue weighted by molar-refractivity contribution is 7.10. The SMILES string of the molecule is Cc1ccsc1C(CN)N(C)Cc1cscn1. The van der Waals surface area contributed by atoms with Gasteiger partial charge in [0.2, 0.25) is 0 Å². The van der Waals surface area contributed by atoms with E-state index in [0.29, 0.717) is 6.54 Å². The van der Waals surface area contributed by atoms with Crippen molar-refractivity contribution in [2.24, 2.45) is 5.73 Å². The van der Waals surface area contributed by atoms with E-state index >= 15 is 0 Å². The Morgan fingerprint density at radius 3 is 2.88 bits per heavy atom. The summed E-state index contributed by atoms with van der Waals surface area (Å²) in [6, 6.07) is 2.44. The minimum atomic E-state index is 0.289. The van der Waals surface area contributed by atoms with Crippen LogP contribution in [0.15, 0.2) is 22.3 Å². The van der Waals surface area contributed by atoms with Crippen molar-refractivity contribution >= 4 is 22.7 Å². The number of hydrogen-bond acceptors (Lipinski definition) is 5. The van der Waals surface area contributed by atoms with Gasteiger partial charge in [0.25, 0.3) is 0 Å². The second kappa shape index (κ2) is 5.73. The Balaban J connectivity index is 2.11. The summed E-state index contributed by atoms with van der Waals surface area (Å²) in [5.74, 6) is 0. The van der Waals surface area contributed by atoms with Crippen LogP contribution in [0.25, 0.3) is 0 Å². The Morgan fingerprint density at radius 1 is 1.53 bits per heavy atom. The molecule has 1 atom stereocenters. The van der Waals surface area contributed by atoms with Crippen molar-refractivity contribution in [3.8, 4) is 0 Å². The molecule has 2 heterocycles. The molecule has 17 heavy (non-hydrogen) atoms. The Kier molecular flexibility index (Phi) is 4.28. The van der Waals surface area contributed by atoms with Crippen LogP contribution in [0.1, 0.15) is 22.2 Å². The number of likely N-dealkylation sites (N-methyl/N-ethyl adjacent to an activating group) is 1. The fraction of sp³-hybridized carbons (Fsp3) is 0.417.